The van der Waals surface area contributed by atoms with Crippen molar-refractivity contribution < 1.29 is 18.0 Å². The Bertz CT molecular complexity index is 1210. The van der Waals surface area contributed by atoms with Crippen molar-refractivity contribution in [2.24, 2.45) is 0 Å². The first-order valence-electron chi connectivity index (χ1n) is 10.2. The Morgan fingerprint density at radius 3 is 2.34 bits per heavy atom. The van der Waals surface area contributed by atoms with Crippen molar-refractivity contribution in [3.05, 3.63) is 75.3 Å². The normalized spacial score (nSPS) is 15.2. The lowest BCUT2D eigenvalue weighted by atomic mass is 10.0. The summed E-state index contributed by atoms with van der Waals surface area (Å²) >= 11 is 0. The van der Waals surface area contributed by atoms with E-state index in [4.69, 9.17) is 0 Å². The summed E-state index contributed by atoms with van der Waals surface area (Å²) in [6.07, 6.45) is -3.79. The average molecular weight is 445 g/mol. The molecule has 0 aliphatic carbocycles. The maximum absolute atomic E-state index is 13.3. The van der Waals surface area contributed by atoms with E-state index in [1.54, 1.807) is 10.7 Å². The summed E-state index contributed by atoms with van der Waals surface area (Å²) in [6.45, 7) is 4.21. The van der Waals surface area contributed by atoms with E-state index in [1.165, 1.54) is 33.8 Å². The molecular formula is C22H22F3N5O2. The number of rotatable bonds is 3. The fourth-order valence-electron chi connectivity index (χ4n) is 4.05. The van der Waals surface area contributed by atoms with Gasteiger partial charge in [0.2, 0.25) is 0 Å². The topological polar surface area (TPSA) is 73.0 Å². The smallest absolute Gasteiger partial charge is 0.338 e. The highest BCUT2D eigenvalue weighted by atomic mass is 19.4. The maximum Gasteiger partial charge on any atom is 0.417 e. The monoisotopic (exact) mass is 445 g/mol. The molecule has 0 unspecified atom stereocenters. The molecule has 0 bridgehead atoms. The number of piperidine rings is 1. The molecule has 10 heteroatoms. The molecule has 4 rings (SSSR count). The second-order valence-corrected chi connectivity index (χ2v) is 7.88. The summed E-state index contributed by atoms with van der Waals surface area (Å²) < 4.78 is 42.9. The molecule has 32 heavy (non-hydrogen) atoms. The van der Waals surface area contributed by atoms with Crippen molar-refractivity contribution in [1.29, 1.82) is 0 Å². The quantitative estimate of drug-likeness (QED) is 0.618. The predicted molar refractivity (Wildman–Crippen MR) is 111 cm³/mol. The maximum atomic E-state index is 13.3. The van der Waals surface area contributed by atoms with E-state index in [0.717, 1.165) is 17.5 Å². The van der Waals surface area contributed by atoms with Crippen LogP contribution in [0, 0.1) is 13.8 Å². The minimum absolute atomic E-state index is 0.230. The van der Waals surface area contributed by atoms with E-state index in [-0.39, 0.29) is 30.3 Å². The van der Waals surface area contributed by atoms with Crippen LogP contribution in [0.15, 0.2) is 47.3 Å². The Hall–Kier alpha value is -3.43. The van der Waals surface area contributed by atoms with Gasteiger partial charge in [-0.1, -0.05) is 12.1 Å². The fourth-order valence-corrected chi connectivity index (χ4v) is 4.05. The fraction of sp³-hybridized carbons (Fsp3) is 0.364. The van der Waals surface area contributed by atoms with Crippen LogP contribution in [0.5, 0.6) is 0 Å². The molecule has 3 aromatic rings. The van der Waals surface area contributed by atoms with Crippen molar-refractivity contribution >= 4 is 5.91 Å². The third-order valence-corrected chi connectivity index (χ3v) is 5.60. The summed E-state index contributed by atoms with van der Waals surface area (Å²) in [5.74, 6) is -0.152. The summed E-state index contributed by atoms with van der Waals surface area (Å²) in [6, 6.07) is 9.46. The number of halogens is 3. The third-order valence-electron chi connectivity index (χ3n) is 5.60. The van der Waals surface area contributed by atoms with Crippen LogP contribution in [0.25, 0.3) is 5.82 Å². The number of alkyl halides is 3. The number of likely N-dealkylation sites (tertiary alicyclic amines) is 1. The first kappa shape index (κ1) is 21.8. The lowest BCUT2D eigenvalue weighted by Gasteiger charge is -2.32. The molecule has 1 aliphatic heterocycles. The number of carbonyl (C=O) groups excluding carboxylic acids is 1. The van der Waals surface area contributed by atoms with E-state index in [9.17, 15) is 22.8 Å². The molecule has 1 fully saturated rings. The van der Waals surface area contributed by atoms with E-state index >= 15 is 0 Å². The zero-order valence-corrected chi connectivity index (χ0v) is 17.6. The average Bonchev–Trinajstić information content (AvgIpc) is 3.11. The van der Waals surface area contributed by atoms with Crippen molar-refractivity contribution in [2.75, 3.05) is 13.1 Å². The molecule has 1 amide bonds. The molecule has 1 aromatic carbocycles. The van der Waals surface area contributed by atoms with Gasteiger partial charge in [0.1, 0.15) is 0 Å². The molecule has 0 atom stereocenters. The van der Waals surface area contributed by atoms with Crippen LogP contribution in [0.2, 0.25) is 0 Å². The SMILES string of the molecule is Cc1cc(C)n(-c2ccc(=O)n(C3CCN(C(=O)c4ccccc4C(F)(F)F)CC3)n2)n1. The first-order valence-corrected chi connectivity index (χ1v) is 10.2. The number of carbonyl (C=O) groups is 1. The molecule has 7 nitrogen and oxygen atoms in total. The van der Waals surface area contributed by atoms with E-state index in [1.807, 2.05) is 19.9 Å². The van der Waals surface area contributed by atoms with E-state index in [2.05, 4.69) is 10.2 Å². The number of hydrogen-bond donors (Lipinski definition) is 0. The van der Waals surface area contributed by atoms with Gasteiger partial charge in [-0.2, -0.15) is 18.3 Å². The molecular weight excluding hydrogens is 423 g/mol. The first-order chi connectivity index (χ1) is 15.1. The van der Waals surface area contributed by atoms with Crippen LogP contribution in [0.3, 0.4) is 0 Å². The summed E-state index contributed by atoms with van der Waals surface area (Å²) in [4.78, 5) is 26.6. The zero-order valence-electron chi connectivity index (χ0n) is 17.6. The van der Waals surface area contributed by atoms with Gasteiger partial charge >= 0.3 is 6.18 Å². The van der Waals surface area contributed by atoms with Gasteiger partial charge in [-0.3, -0.25) is 9.59 Å². The molecule has 3 heterocycles. The molecule has 1 aliphatic rings. The van der Waals surface area contributed by atoms with Gasteiger partial charge in [-0.15, -0.1) is 5.10 Å². The van der Waals surface area contributed by atoms with Crippen LogP contribution < -0.4 is 5.56 Å². The zero-order chi connectivity index (χ0) is 23.0. The Kier molecular flexibility index (Phi) is 5.62. The van der Waals surface area contributed by atoms with Crippen LogP contribution >= 0.6 is 0 Å². The molecule has 0 saturated carbocycles. The molecule has 0 radical (unpaired) electrons. The van der Waals surface area contributed by atoms with Gasteiger partial charge in [0.15, 0.2) is 5.82 Å². The Morgan fingerprint density at radius 1 is 1.03 bits per heavy atom. The molecule has 0 spiro atoms. The highest BCUT2D eigenvalue weighted by molar-refractivity contribution is 5.96. The Morgan fingerprint density at radius 2 is 1.72 bits per heavy atom. The van der Waals surface area contributed by atoms with Gasteiger partial charge < -0.3 is 4.90 Å². The third kappa shape index (κ3) is 4.17. The lowest BCUT2D eigenvalue weighted by molar-refractivity contribution is -0.138. The van der Waals surface area contributed by atoms with Crippen LogP contribution in [0.1, 0.15) is 46.2 Å². The number of hydrogen-bond acceptors (Lipinski definition) is 4. The van der Waals surface area contributed by atoms with Crippen LogP contribution in [-0.4, -0.2) is 43.5 Å². The minimum Gasteiger partial charge on any atom is -0.338 e. The van der Waals surface area contributed by atoms with Crippen molar-refractivity contribution in [3.8, 4) is 5.82 Å². The molecule has 0 N–H and O–H groups in total. The summed E-state index contributed by atoms with van der Waals surface area (Å²) in [7, 11) is 0. The molecule has 1 saturated heterocycles. The van der Waals surface area contributed by atoms with Gasteiger partial charge in [-0.25, -0.2) is 9.36 Å². The largest absolute Gasteiger partial charge is 0.417 e. The summed E-state index contributed by atoms with van der Waals surface area (Å²) in [5.41, 5.74) is 0.127. The van der Waals surface area contributed by atoms with Crippen molar-refractivity contribution in [1.82, 2.24) is 24.5 Å². The summed E-state index contributed by atoms with van der Waals surface area (Å²) in [5, 5.41) is 8.85. The number of nitrogens with zero attached hydrogens (tertiary/aromatic N) is 5. The van der Waals surface area contributed by atoms with Crippen LogP contribution in [-0.2, 0) is 6.18 Å². The highest BCUT2D eigenvalue weighted by Crippen LogP contribution is 2.33. The molecule has 2 aromatic heterocycles. The molecule has 168 valence electrons. The Labute approximate surface area is 182 Å². The minimum atomic E-state index is -4.61. The number of amides is 1. The van der Waals surface area contributed by atoms with E-state index in [0.29, 0.717) is 18.7 Å². The predicted octanol–water partition coefficient (Wildman–Crippen LogP) is 3.54. The second kappa shape index (κ2) is 8.25. The van der Waals surface area contributed by atoms with Crippen molar-refractivity contribution in [3.63, 3.8) is 0 Å². The highest BCUT2D eigenvalue weighted by Gasteiger charge is 2.36. The van der Waals surface area contributed by atoms with E-state index < -0.39 is 17.6 Å². The Balaban J connectivity index is 1.53. The van der Waals surface area contributed by atoms with Gasteiger partial charge in [0.25, 0.3) is 11.5 Å². The standard InChI is InChI=1S/C22H22F3N5O2/c1-14-13-15(2)29(26-14)19-7-8-20(31)30(27-19)16-9-11-28(12-10-16)21(32)17-5-3-4-6-18(17)22(23,24)25/h3-8,13,16H,9-12H2,1-2H3. The van der Waals surface area contributed by atoms with Gasteiger partial charge in [-0.05, 0) is 51.0 Å². The van der Waals surface area contributed by atoms with Gasteiger partial charge in [0.05, 0.1) is 22.9 Å². The van der Waals surface area contributed by atoms with Crippen LogP contribution in [0.4, 0.5) is 13.2 Å². The lowest BCUT2D eigenvalue weighted by Crippen LogP contribution is -2.42. The second-order valence-electron chi connectivity index (χ2n) is 7.88. The number of aromatic nitrogens is 4. The number of benzene rings is 1. The number of aryl methyl sites for hydroxylation is 2. The van der Waals surface area contributed by atoms with Crippen molar-refractivity contribution in [2.45, 2.75) is 38.9 Å². The van der Waals surface area contributed by atoms with Gasteiger partial charge in [0, 0.05) is 24.8 Å².